The van der Waals surface area contributed by atoms with Crippen LogP contribution in [0.5, 0.6) is 11.5 Å². The van der Waals surface area contributed by atoms with Gasteiger partial charge in [-0.1, -0.05) is 30.0 Å². The van der Waals surface area contributed by atoms with Crippen LogP contribution < -0.4 is 14.8 Å². The van der Waals surface area contributed by atoms with Crippen molar-refractivity contribution in [1.82, 2.24) is 9.55 Å². The normalized spacial score (nSPS) is 10.4. The number of para-hydroxylation sites is 1. The largest absolute Gasteiger partial charge is 0.497 e. The van der Waals surface area contributed by atoms with E-state index in [9.17, 15) is 4.79 Å². The molecule has 0 saturated heterocycles. The highest BCUT2D eigenvalue weighted by Crippen LogP contribution is 2.30. The molecule has 0 fully saturated rings. The number of nitrogens with zero attached hydrogens (tertiary/aromatic N) is 2. The Morgan fingerprint density at radius 2 is 1.88 bits per heavy atom. The Kier molecular flexibility index (Phi) is 5.48. The van der Waals surface area contributed by atoms with Crippen molar-refractivity contribution in [2.75, 3.05) is 25.8 Å². The molecule has 0 atom stereocenters. The lowest BCUT2D eigenvalue weighted by Gasteiger charge is -2.13. The zero-order valence-electron chi connectivity index (χ0n) is 14.7. The first-order valence-corrected chi connectivity index (χ1v) is 9.11. The van der Waals surface area contributed by atoms with Gasteiger partial charge in [0, 0.05) is 11.8 Å². The molecule has 1 heterocycles. The predicted molar refractivity (Wildman–Crippen MR) is 103 cm³/mol. The number of methoxy groups -OCH3 is 2. The van der Waals surface area contributed by atoms with E-state index in [0.29, 0.717) is 22.9 Å². The molecule has 1 aromatic heterocycles. The minimum Gasteiger partial charge on any atom is -0.497 e. The summed E-state index contributed by atoms with van der Waals surface area (Å²) in [6.45, 7) is 0. The van der Waals surface area contributed by atoms with Gasteiger partial charge in [-0.05, 0) is 30.5 Å². The van der Waals surface area contributed by atoms with Crippen molar-refractivity contribution in [3.63, 3.8) is 0 Å². The molecule has 0 aliphatic rings. The van der Waals surface area contributed by atoms with Gasteiger partial charge in [-0.2, -0.15) is 0 Å². The van der Waals surface area contributed by atoms with E-state index < -0.39 is 0 Å². The highest BCUT2D eigenvalue weighted by Gasteiger charge is 2.19. The molecule has 1 N–H and O–H groups in total. The topological polar surface area (TPSA) is 65.4 Å². The molecule has 0 aliphatic heterocycles. The fourth-order valence-corrected chi connectivity index (χ4v) is 3.10. The Morgan fingerprint density at radius 3 is 2.54 bits per heavy atom. The molecule has 0 unspecified atom stereocenters. The SMILES string of the molecule is COc1ccc(NC(=O)c2cnc(SC)n2-c2ccccc2)c(OC)c1. The Hall–Kier alpha value is -2.93. The Bertz CT molecular complexity index is 910. The van der Waals surface area contributed by atoms with Gasteiger partial charge in [0.05, 0.1) is 26.1 Å². The van der Waals surface area contributed by atoms with Crippen LogP contribution in [0.25, 0.3) is 5.69 Å². The number of carbonyl (C=O) groups is 1. The molecule has 134 valence electrons. The van der Waals surface area contributed by atoms with Crippen LogP contribution in [0.4, 0.5) is 5.69 Å². The molecule has 0 bridgehead atoms. The molecule has 26 heavy (non-hydrogen) atoms. The van der Waals surface area contributed by atoms with Crippen LogP contribution in [0.1, 0.15) is 10.5 Å². The minimum absolute atomic E-state index is 0.273. The van der Waals surface area contributed by atoms with Gasteiger partial charge in [-0.15, -0.1) is 0 Å². The number of rotatable bonds is 6. The van der Waals surface area contributed by atoms with Crippen LogP contribution in [0.15, 0.2) is 59.9 Å². The number of carbonyl (C=O) groups excluding carboxylic acids is 1. The zero-order valence-corrected chi connectivity index (χ0v) is 15.5. The lowest BCUT2D eigenvalue weighted by atomic mass is 10.2. The number of ether oxygens (including phenoxy) is 2. The fraction of sp³-hybridized carbons (Fsp3) is 0.158. The van der Waals surface area contributed by atoms with Gasteiger partial charge in [0.15, 0.2) is 5.16 Å². The highest BCUT2D eigenvalue weighted by molar-refractivity contribution is 7.98. The molecule has 1 amide bonds. The second-order valence-corrected chi connectivity index (χ2v) is 6.09. The molecular formula is C19H19N3O3S. The molecule has 6 nitrogen and oxygen atoms in total. The summed E-state index contributed by atoms with van der Waals surface area (Å²) >= 11 is 1.48. The van der Waals surface area contributed by atoms with Crippen LogP contribution in [-0.2, 0) is 0 Å². The van der Waals surface area contributed by atoms with Crippen molar-refractivity contribution in [1.29, 1.82) is 0 Å². The summed E-state index contributed by atoms with van der Waals surface area (Å²) in [5, 5.41) is 3.63. The number of anilines is 1. The number of hydrogen-bond acceptors (Lipinski definition) is 5. The monoisotopic (exact) mass is 369 g/mol. The van der Waals surface area contributed by atoms with Gasteiger partial charge in [0.1, 0.15) is 17.2 Å². The number of amides is 1. The molecule has 3 rings (SSSR count). The van der Waals surface area contributed by atoms with Gasteiger partial charge >= 0.3 is 0 Å². The summed E-state index contributed by atoms with van der Waals surface area (Å²) in [5.74, 6) is 0.900. The van der Waals surface area contributed by atoms with Gasteiger partial charge in [0.2, 0.25) is 0 Å². The Morgan fingerprint density at radius 1 is 1.12 bits per heavy atom. The highest BCUT2D eigenvalue weighted by atomic mass is 32.2. The lowest BCUT2D eigenvalue weighted by Crippen LogP contribution is -2.17. The summed E-state index contributed by atoms with van der Waals surface area (Å²) < 4.78 is 12.4. The van der Waals surface area contributed by atoms with Crippen molar-refractivity contribution < 1.29 is 14.3 Å². The minimum atomic E-state index is -0.273. The van der Waals surface area contributed by atoms with E-state index in [4.69, 9.17) is 9.47 Å². The molecule has 2 aromatic carbocycles. The van der Waals surface area contributed by atoms with Crippen molar-refractivity contribution in [3.8, 4) is 17.2 Å². The predicted octanol–water partition coefficient (Wildman–Crippen LogP) is 3.86. The molecule has 7 heteroatoms. The zero-order chi connectivity index (χ0) is 18.5. The molecule has 0 aliphatic carbocycles. The maximum Gasteiger partial charge on any atom is 0.274 e. The number of benzene rings is 2. The first kappa shape index (κ1) is 17.9. The number of aromatic nitrogens is 2. The third kappa shape index (κ3) is 3.52. The number of thioether (sulfide) groups is 1. The van der Waals surface area contributed by atoms with Gasteiger partial charge < -0.3 is 14.8 Å². The maximum absolute atomic E-state index is 12.9. The maximum atomic E-state index is 12.9. The number of imidazole rings is 1. The second-order valence-electron chi connectivity index (χ2n) is 5.32. The Labute approximate surface area is 156 Å². The van der Waals surface area contributed by atoms with Crippen molar-refractivity contribution in [2.45, 2.75) is 5.16 Å². The summed E-state index contributed by atoms with van der Waals surface area (Å²) in [7, 11) is 3.12. The van der Waals surface area contributed by atoms with Crippen LogP contribution >= 0.6 is 11.8 Å². The molecule has 3 aromatic rings. The van der Waals surface area contributed by atoms with Crippen LogP contribution in [0.3, 0.4) is 0 Å². The number of nitrogens with one attached hydrogen (secondary N) is 1. The number of hydrogen-bond donors (Lipinski definition) is 1. The first-order chi connectivity index (χ1) is 12.7. The Balaban J connectivity index is 1.96. The molecule has 0 spiro atoms. The quantitative estimate of drug-likeness (QED) is 0.668. The second kappa shape index (κ2) is 7.97. The third-order valence-electron chi connectivity index (χ3n) is 3.82. The van der Waals surface area contributed by atoms with E-state index in [1.165, 1.54) is 11.8 Å². The smallest absolute Gasteiger partial charge is 0.274 e. The van der Waals surface area contributed by atoms with Gasteiger partial charge in [-0.25, -0.2) is 4.98 Å². The first-order valence-electron chi connectivity index (χ1n) is 7.88. The molecule has 0 radical (unpaired) electrons. The standard InChI is InChI=1S/C19H19N3O3S/c1-24-14-9-10-15(17(11-14)25-2)21-18(23)16-12-20-19(26-3)22(16)13-7-5-4-6-8-13/h4-12H,1-3H3,(H,21,23). The van der Waals surface area contributed by atoms with E-state index >= 15 is 0 Å². The van der Waals surface area contributed by atoms with Crippen LogP contribution in [0, 0.1) is 0 Å². The summed E-state index contributed by atoms with van der Waals surface area (Å²) in [6, 6.07) is 14.9. The fourth-order valence-electron chi connectivity index (χ4n) is 2.55. The van der Waals surface area contributed by atoms with E-state index in [0.717, 1.165) is 10.8 Å². The van der Waals surface area contributed by atoms with Crippen LogP contribution in [-0.4, -0.2) is 35.9 Å². The van der Waals surface area contributed by atoms with E-state index in [2.05, 4.69) is 10.3 Å². The average Bonchev–Trinajstić information content (AvgIpc) is 3.13. The van der Waals surface area contributed by atoms with E-state index in [1.54, 1.807) is 38.6 Å². The molecular weight excluding hydrogens is 350 g/mol. The van der Waals surface area contributed by atoms with Crippen molar-refractivity contribution in [2.24, 2.45) is 0 Å². The summed E-state index contributed by atoms with van der Waals surface area (Å²) in [5.41, 5.74) is 1.88. The molecule has 0 saturated carbocycles. The van der Waals surface area contributed by atoms with E-state index in [1.807, 2.05) is 41.2 Å². The lowest BCUT2D eigenvalue weighted by molar-refractivity contribution is 0.101. The van der Waals surface area contributed by atoms with Crippen LogP contribution in [0.2, 0.25) is 0 Å². The van der Waals surface area contributed by atoms with Crippen molar-refractivity contribution in [3.05, 3.63) is 60.4 Å². The van der Waals surface area contributed by atoms with Gasteiger partial charge in [-0.3, -0.25) is 9.36 Å². The third-order valence-corrected chi connectivity index (χ3v) is 4.47. The van der Waals surface area contributed by atoms with Gasteiger partial charge in [0.25, 0.3) is 5.91 Å². The summed E-state index contributed by atoms with van der Waals surface area (Å²) in [6.07, 6.45) is 3.50. The van der Waals surface area contributed by atoms with Crippen molar-refractivity contribution >= 4 is 23.4 Å². The summed E-state index contributed by atoms with van der Waals surface area (Å²) in [4.78, 5) is 17.2. The average molecular weight is 369 g/mol. The van der Waals surface area contributed by atoms with E-state index in [-0.39, 0.29) is 5.91 Å².